The predicted molar refractivity (Wildman–Crippen MR) is 72.8 cm³/mol. The van der Waals surface area contributed by atoms with Gasteiger partial charge in [-0.1, -0.05) is 58.0 Å². The van der Waals surface area contributed by atoms with Crippen LogP contribution in [-0.2, 0) is 6.54 Å². The van der Waals surface area contributed by atoms with Crippen LogP contribution in [0.25, 0.3) is 0 Å². The van der Waals surface area contributed by atoms with Gasteiger partial charge in [0.05, 0.1) is 6.10 Å². The molecule has 1 aromatic rings. The summed E-state index contributed by atoms with van der Waals surface area (Å²) in [5, 5.41) is 13.5. The van der Waals surface area contributed by atoms with Crippen LogP contribution in [0.3, 0.4) is 0 Å². The second-order valence-electron chi connectivity index (χ2n) is 5.77. The molecule has 0 saturated carbocycles. The van der Waals surface area contributed by atoms with E-state index in [1.165, 1.54) is 5.56 Å². The van der Waals surface area contributed by atoms with Crippen molar-refractivity contribution in [2.75, 3.05) is 6.54 Å². The fraction of sp³-hybridized carbons (Fsp3) is 0.600. The van der Waals surface area contributed by atoms with Crippen LogP contribution in [0.2, 0.25) is 0 Å². The molecule has 0 bridgehead atoms. The minimum Gasteiger partial charge on any atom is -0.392 e. The summed E-state index contributed by atoms with van der Waals surface area (Å²) >= 11 is 0. The Morgan fingerprint density at radius 3 is 2.29 bits per heavy atom. The van der Waals surface area contributed by atoms with Crippen LogP contribution in [-0.4, -0.2) is 17.8 Å². The van der Waals surface area contributed by atoms with Gasteiger partial charge in [0.2, 0.25) is 0 Å². The molecule has 17 heavy (non-hydrogen) atoms. The van der Waals surface area contributed by atoms with E-state index in [0.29, 0.717) is 5.92 Å². The highest BCUT2D eigenvalue weighted by atomic mass is 16.3. The quantitative estimate of drug-likeness (QED) is 0.794. The Morgan fingerprint density at radius 2 is 1.76 bits per heavy atom. The minimum absolute atomic E-state index is 0.0943. The van der Waals surface area contributed by atoms with Crippen molar-refractivity contribution in [3.05, 3.63) is 35.9 Å². The van der Waals surface area contributed by atoms with Crippen molar-refractivity contribution in [1.29, 1.82) is 0 Å². The van der Waals surface area contributed by atoms with E-state index in [1.54, 1.807) is 0 Å². The Labute approximate surface area is 105 Å². The lowest BCUT2D eigenvalue weighted by Crippen LogP contribution is -2.41. The molecule has 0 aliphatic rings. The Hall–Kier alpha value is -0.860. The van der Waals surface area contributed by atoms with Gasteiger partial charge >= 0.3 is 0 Å². The zero-order chi connectivity index (χ0) is 12.9. The number of aliphatic hydroxyl groups is 1. The standard InChI is InChI=1S/C15H25NO/c1-12(2)14(17)15(3,4)11-16-10-13-8-6-5-7-9-13/h5-9,12,14,16-17H,10-11H2,1-4H3. The topological polar surface area (TPSA) is 32.3 Å². The number of rotatable bonds is 6. The third-order valence-electron chi connectivity index (χ3n) is 3.18. The molecule has 1 rings (SSSR count). The summed E-state index contributed by atoms with van der Waals surface area (Å²) in [5.41, 5.74) is 1.19. The molecule has 2 heteroatoms. The zero-order valence-electron chi connectivity index (χ0n) is 11.4. The number of hydrogen-bond acceptors (Lipinski definition) is 2. The molecule has 96 valence electrons. The lowest BCUT2D eigenvalue weighted by atomic mass is 9.80. The van der Waals surface area contributed by atoms with E-state index in [1.807, 2.05) is 18.2 Å². The zero-order valence-corrected chi connectivity index (χ0v) is 11.4. The molecule has 0 radical (unpaired) electrons. The summed E-state index contributed by atoms with van der Waals surface area (Å²) in [6.45, 7) is 10.0. The van der Waals surface area contributed by atoms with E-state index < -0.39 is 0 Å². The van der Waals surface area contributed by atoms with Gasteiger partial charge in [0.1, 0.15) is 0 Å². The maximum absolute atomic E-state index is 10.1. The van der Waals surface area contributed by atoms with E-state index in [2.05, 4.69) is 45.1 Å². The second kappa shape index (κ2) is 6.18. The van der Waals surface area contributed by atoms with Gasteiger partial charge in [-0.25, -0.2) is 0 Å². The van der Waals surface area contributed by atoms with Crippen molar-refractivity contribution in [2.24, 2.45) is 11.3 Å². The first-order valence-corrected chi connectivity index (χ1v) is 6.36. The molecule has 2 nitrogen and oxygen atoms in total. The van der Waals surface area contributed by atoms with E-state index in [4.69, 9.17) is 0 Å². The van der Waals surface area contributed by atoms with Crippen molar-refractivity contribution < 1.29 is 5.11 Å². The van der Waals surface area contributed by atoms with Gasteiger partial charge in [-0.2, -0.15) is 0 Å². The molecule has 0 amide bonds. The smallest absolute Gasteiger partial charge is 0.0626 e. The first kappa shape index (κ1) is 14.2. The van der Waals surface area contributed by atoms with E-state index in [9.17, 15) is 5.11 Å². The highest BCUT2D eigenvalue weighted by Crippen LogP contribution is 2.25. The average Bonchev–Trinajstić information content (AvgIpc) is 2.29. The van der Waals surface area contributed by atoms with Crippen LogP contribution in [0.15, 0.2) is 30.3 Å². The van der Waals surface area contributed by atoms with Gasteiger partial charge < -0.3 is 10.4 Å². The molecule has 0 aromatic heterocycles. The number of aliphatic hydroxyl groups excluding tert-OH is 1. The van der Waals surface area contributed by atoms with Crippen molar-refractivity contribution in [3.63, 3.8) is 0 Å². The fourth-order valence-electron chi connectivity index (χ4n) is 2.13. The SMILES string of the molecule is CC(C)C(O)C(C)(C)CNCc1ccccc1. The summed E-state index contributed by atoms with van der Waals surface area (Å²) in [6.07, 6.45) is -0.272. The van der Waals surface area contributed by atoms with Crippen LogP contribution in [0.4, 0.5) is 0 Å². The second-order valence-corrected chi connectivity index (χ2v) is 5.77. The Morgan fingerprint density at radius 1 is 1.18 bits per heavy atom. The molecular weight excluding hydrogens is 210 g/mol. The van der Waals surface area contributed by atoms with Gasteiger partial charge in [0, 0.05) is 18.5 Å². The number of nitrogens with one attached hydrogen (secondary N) is 1. The van der Waals surface area contributed by atoms with E-state index in [-0.39, 0.29) is 11.5 Å². The van der Waals surface area contributed by atoms with Crippen molar-refractivity contribution in [2.45, 2.75) is 40.3 Å². The molecule has 0 fully saturated rings. The molecule has 0 aliphatic heterocycles. The first-order valence-electron chi connectivity index (χ1n) is 6.36. The van der Waals surface area contributed by atoms with E-state index >= 15 is 0 Å². The molecule has 1 aromatic carbocycles. The van der Waals surface area contributed by atoms with E-state index in [0.717, 1.165) is 13.1 Å². The summed E-state index contributed by atoms with van der Waals surface area (Å²) in [5.74, 6) is 0.295. The largest absolute Gasteiger partial charge is 0.392 e. The highest BCUT2D eigenvalue weighted by molar-refractivity contribution is 5.14. The van der Waals surface area contributed by atoms with Gasteiger partial charge in [-0.3, -0.25) is 0 Å². The first-order chi connectivity index (χ1) is 7.93. The highest BCUT2D eigenvalue weighted by Gasteiger charge is 2.29. The molecule has 2 N–H and O–H groups in total. The Balaban J connectivity index is 2.40. The summed E-state index contributed by atoms with van der Waals surface area (Å²) in [7, 11) is 0. The maximum Gasteiger partial charge on any atom is 0.0626 e. The maximum atomic E-state index is 10.1. The van der Waals surface area contributed by atoms with Crippen LogP contribution in [0.5, 0.6) is 0 Å². The Kier molecular flexibility index (Phi) is 5.16. The third kappa shape index (κ3) is 4.49. The molecule has 1 unspecified atom stereocenters. The van der Waals surface area contributed by atoms with Gasteiger partial charge in [0.25, 0.3) is 0 Å². The van der Waals surface area contributed by atoms with Crippen LogP contribution >= 0.6 is 0 Å². The average molecular weight is 235 g/mol. The molecule has 0 spiro atoms. The molecular formula is C15H25NO. The third-order valence-corrected chi connectivity index (χ3v) is 3.18. The molecule has 1 atom stereocenters. The lowest BCUT2D eigenvalue weighted by molar-refractivity contribution is 0.0134. The summed E-state index contributed by atoms with van der Waals surface area (Å²) in [6, 6.07) is 10.3. The summed E-state index contributed by atoms with van der Waals surface area (Å²) in [4.78, 5) is 0. The lowest BCUT2D eigenvalue weighted by Gasteiger charge is -2.33. The fourth-order valence-corrected chi connectivity index (χ4v) is 2.13. The molecule has 0 aliphatic carbocycles. The summed E-state index contributed by atoms with van der Waals surface area (Å²) < 4.78 is 0. The van der Waals surface area contributed by atoms with Gasteiger partial charge in [-0.05, 0) is 11.5 Å². The normalized spacial score (nSPS) is 14.0. The van der Waals surface area contributed by atoms with Crippen LogP contribution in [0, 0.1) is 11.3 Å². The van der Waals surface area contributed by atoms with Gasteiger partial charge in [-0.15, -0.1) is 0 Å². The molecule has 0 saturated heterocycles. The van der Waals surface area contributed by atoms with Crippen molar-refractivity contribution in [1.82, 2.24) is 5.32 Å². The number of benzene rings is 1. The molecule has 0 heterocycles. The van der Waals surface area contributed by atoms with Crippen molar-refractivity contribution >= 4 is 0 Å². The van der Waals surface area contributed by atoms with Crippen LogP contribution in [0.1, 0.15) is 33.3 Å². The Bertz CT molecular complexity index is 319. The van der Waals surface area contributed by atoms with Crippen LogP contribution < -0.4 is 5.32 Å². The monoisotopic (exact) mass is 235 g/mol. The predicted octanol–water partition coefficient (Wildman–Crippen LogP) is 2.82. The number of hydrogen-bond donors (Lipinski definition) is 2. The van der Waals surface area contributed by atoms with Gasteiger partial charge in [0.15, 0.2) is 0 Å². The minimum atomic E-state index is -0.272. The van der Waals surface area contributed by atoms with Crippen molar-refractivity contribution in [3.8, 4) is 0 Å².